The number of fused-ring (bicyclic) bond motifs is 2. The van der Waals surface area contributed by atoms with E-state index in [-0.39, 0.29) is 12.2 Å². The van der Waals surface area contributed by atoms with Crippen molar-refractivity contribution in [1.82, 2.24) is 0 Å². The standard InChI is InChI=1S/C18H15O3P/c19-22(20-17-11-9-13-5-1-3-7-15(13)17)21-18-12-10-14-6-2-4-8-16(14)18/h1-12,17-19H. The predicted molar refractivity (Wildman–Crippen MR) is 87.7 cm³/mol. The summed E-state index contributed by atoms with van der Waals surface area (Å²) in [5.41, 5.74) is 4.38. The smallest absolute Gasteiger partial charge is 0.328 e. The summed E-state index contributed by atoms with van der Waals surface area (Å²) in [7, 11) is -1.95. The average Bonchev–Trinajstić information content (AvgIpc) is 3.13. The molecule has 2 unspecified atom stereocenters. The summed E-state index contributed by atoms with van der Waals surface area (Å²) in [5, 5.41) is 0. The topological polar surface area (TPSA) is 38.7 Å². The fraction of sp³-hybridized carbons (Fsp3) is 0.111. The van der Waals surface area contributed by atoms with Crippen molar-refractivity contribution >= 4 is 20.8 Å². The quantitative estimate of drug-likeness (QED) is 0.826. The highest BCUT2D eigenvalue weighted by atomic mass is 31.2. The molecule has 0 aliphatic heterocycles. The van der Waals surface area contributed by atoms with Crippen LogP contribution in [-0.2, 0) is 9.05 Å². The van der Waals surface area contributed by atoms with E-state index in [0.29, 0.717) is 0 Å². The van der Waals surface area contributed by atoms with Crippen LogP contribution in [0.15, 0.2) is 60.7 Å². The van der Waals surface area contributed by atoms with Gasteiger partial charge >= 0.3 is 8.60 Å². The van der Waals surface area contributed by atoms with Crippen molar-refractivity contribution in [1.29, 1.82) is 0 Å². The molecule has 22 heavy (non-hydrogen) atoms. The summed E-state index contributed by atoms with van der Waals surface area (Å²) in [6, 6.07) is 16.0. The number of benzene rings is 2. The van der Waals surface area contributed by atoms with E-state index in [9.17, 15) is 4.89 Å². The summed E-state index contributed by atoms with van der Waals surface area (Å²) in [5.74, 6) is 0. The molecule has 0 spiro atoms. The first-order valence-corrected chi connectivity index (χ1v) is 8.31. The summed E-state index contributed by atoms with van der Waals surface area (Å²) in [6.45, 7) is 0. The molecule has 2 atom stereocenters. The van der Waals surface area contributed by atoms with Crippen LogP contribution in [-0.4, -0.2) is 4.89 Å². The van der Waals surface area contributed by atoms with Gasteiger partial charge < -0.3 is 4.89 Å². The molecule has 2 aromatic rings. The molecule has 2 aliphatic carbocycles. The van der Waals surface area contributed by atoms with E-state index >= 15 is 0 Å². The molecule has 0 bridgehead atoms. The SMILES string of the molecule is OP(OC1C=Cc2ccccc21)OC1C=Cc2ccccc21. The average molecular weight is 310 g/mol. The van der Waals surface area contributed by atoms with Gasteiger partial charge in [0.1, 0.15) is 12.2 Å². The first-order chi connectivity index (χ1) is 10.8. The van der Waals surface area contributed by atoms with E-state index in [0.717, 1.165) is 22.3 Å². The first kappa shape index (κ1) is 13.9. The molecule has 3 nitrogen and oxygen atoms in total. The van der Waals surface area contributed by atoms with Gasteiger partial charge in [-0.25, -0.2) is 0 Å². The third kappa shape index (κ3) is 2.53. The Morgan fingerprint density at radius 2 is 1.18 bits per heavy atom. The van der Waals surface area contributed by atoms with Gasteiger partial charge in [-0.3, -0.25) is 9.05 Å². The third-order valence-electron chi connectivity index (χ3n) is 3.91. The Labute approximate surface area is 130 Å². The van der Waals surface area contributed by atoms with Gasteiger partial charge in [0.2, 0.25) is 0 Å². The fourth-order valence-electron chi connectivity index (χ4n) is 2.84. The maximum absolute atomic E-state index is 10.2. The Balaban J connectivity index is 1.44. The summed E-state index contributed by atoms with van der Waals surface area (Å²) >= 11 is 0. The maximum Gasteiger partial charge on any atom is 0.331 e. The van der Waals surface area contributed by atoms with Crippen molar-refractivity contribution in [2.24, 2.45) is 0 Å². The van der Waals surface area contributed by atoms with Crippen LogP contribution >= 0.6 is 8.60 Å². The Kier molecular flexibility index (Phi) is 3.65. The molecule has 0 radical (unpaired) electrons. The third-order valence-corrected chi connectivity index (χ3v) is 4.73. The van der Waals surface area contributed by atoms with Crippen LogP contribution in [0.5, 0.6) is 0 Å². The predicted octanol–water partition coefficient (Wildman–Crippen LogP) is 4.78. The van der Waals surface area contributed by atoms with Crippen molar-refractivity contribution in [3.63, 3.8) is 0 Å². The lowest BCUT2D eigenvalue weighted by atomic mass is 10.1. The molecule has 1 N–H and O–H groups in total. The maximum atomic E-state index is 10.2. The van der Waals surface area contributed by atoms with Crippen molar-refractivity contribution in [2.45, 2.75) is 12.2 Å². The van der Waals surface area contributed by atoms with Crippen LogP contribution < -0.4 is 0 Å². The number of hydrogen-bond acceptors (Lipinski definition) is 3. The van der Waals surface area contributed by atoms with Crippen LogP contribution in [0.2, 0.25) is 0 Å². The molecule has 4 rings (SSSR count). The van der Waals surface area contributed by atoms with Crippen molar-refractivity contribution in [3.8, 4) is 0 Å². The van der Waals surface area contributed by atoms with Crippen LogP contribution in [0.4, 0.5) is 0 Å². The largest absolute Gasteiger partial charge is 0.331 e. The zero-order chi connectivity index (χ0) is 14.9. The molecule has 0 fully saturated rings. The molecular weight excluding hydrogens is 295 g/mol. The van der Waals surface area contributed by atoms with Gasteiger partial charge in [-0.2, -0.15) is 0 Å². The van der Waals surface area contributed by atoms with Crippen molar-refractivity contribution in [2.75, 3.05) is 0 Å². The molecule has 0 heterocycles. The van der Waals surface area contributed by atoms with E-state index in [1.54, 1.807) is 0 Å². The van der Waals surface area contributed by atoms with E-state index in [1.165, 1.54) is 0 Å². The number of rotatable bonds is 4. The second-order valence-corrected chi connectivity index (χ2v) is 6.16. The van der Waals surface area contributed by atoms with Gasteiger partial charge in [-0.05, 0) is 22.3 Å². The van der Waals surface area contributed by atoms with Crippen molar-refractivity contribution < 1.29 is 13.9 Å². The van der Waals surface area contributed by atoms with Gasteiger partial charge in [-0.1, -0.05) is 72.8 Å². The molecule has 0 amide bonds. The van der Waals surface area contributed by atoms with Crippen LogP contribution in [0, 0.1) is 0 Å². The minimum absolute atomic E-state index is 0.243. The molecule has 0 aromatic heterocycles. The van der Waals surface area contributed by atoms with E-state index in [2.05, 4.69) is 0 Å². The zero-order valence-electron chi connectivity index (χ0n) is 11.8. The Hall–Kier alpha value is -1.77. The lowest BCUT2D eigenvalue weighted by molar-refractivity contribution is 0.150. The molecule has 110 valence electrons. The summed E-state index contributed by atoms with van der Waals surface area (Å²) in [4.78, 5) is 10.2. The van der Waals surface area contributed by atoms with Gasteiger partial charge in [-0.15, -0.1) is 0 Å². The fourth-order valence-corrected chi connectivity index (χ4v) is 3.64. The molecule has 0 saturated carbocycles. The Bertz CT molecular complexity index is 690. The lowest BCUT2D eigenvalue weighted by Crippen LogP contribution is -2.01. The summed E-state index contributed by atoms with van der Waals surface area (Å²) in [6.07, 6.45) is 7.42. The highest BCUT2D eigenvalue weighted by Gasteiger charge is 2.26. The highest BCUT2D eigenvalue weighted by Crippen LogP contribution is 2.48. The van der Waals surface area contributed by atoms with Gasteiger partial charge in [0, 0.05) is 0 Å². The second kappa shape index (κ2) is 5.79. The van der Waals surface area contributed by atoms with E-state index < -0.39 is 8.60 Å². The van der Waals surface area contributed by atoms with Crippen molar-refractivity contribution in [3.05, 3.63) is 82.9 Å². The molecule has 4 heteroatoms. The van der Waals surface area contributed by atoms with Gasteiger partial charge in [0.15, 0.2) is 0 Å². The molecule has 0 saturated heterocycles. The first-order valence-electron chi connectivity index (χ1n) is 7.18. The minimum atomic E-state index is -1.95. The minimum Gasteiger partial charge on any atom is -0.328 e. The Morgan fingerprint density at radius 3 is 1.68 bits per heavy atom. The van der Waals surface area contributed by atoms with Gasteiger partial charge in [0.25, 0.3) is 0 Å². The lowest BCUT2D eigenvalue weighted by Gasteiger charge is -2.19. The normalized spacial score (nSPS) is 22.6. The number of hydrogen-bond donors (Lipinski definition) is 1. The van der Waals surface area contributed by atoms with Crippen LogP contribution in [0.3, 0.4) is 0 Å². The zero-order valence-corrected chi connectivity index (χ0v) is 12.7. The van der Waals surface area contributed by atoms with E-state index in [4.69, 9.17) is 9.05 Å². The highest BCUT2D eigenvalue weighted by molar-refractivity contribution is 7.40. The molecule has 2 aliphatic rings. The van der Waals surface area contributed by atoms with Gasteiger partial charge in [0.05, 0.1) is 0 Å². The summed E-state index contributed by atoms with van der Waals surface area (Å²) < 4.78 is 11.4. The molecular formula is C18H15O3P. The molecule has 2 aromatic carbocycles. The van der Waals surface area contributed by atoms with Crippen LogP contribution in [0.25, 0.3) is 12.2 Å². The van der Waals surface area contributed by atoms with E-state index in [1.807, 2.05) is 72.8 Å². The second-order valence-electron chi connectivity index (χ2n) is 5.27. The van der Waals surface area contributed by atoms with Crippen LogP contribution in [0.1, 0.15) is 34.5 Å². The monoisotopic (exact) mass is 310 g/mol. The Morgan fingerprint density at radius 1 is 0.727 bits per heavy atom.